The molecule has 0 radical (unpaired) electrons. The zero-order valence-electron chi connectivity index (χ0n) is 15.3. The monoisotopic (exact) mass is 368 g/mol. The quantitative estimate of drug-likeness (QED) is 0.649. The average molecular weight is 369 g/mol. The van der Waals surface area contributed by atoms with Crippen molar-refractivity contribution in [2.75, 3.05) is 19.7 Å². The fourth-order valence-electron chi connectivity index (χ4n) is 3.29. The molecule has 142 valence electrons. The van der Waals surface area contributed by atoms with E-state index >= 15 is 0 Å². The van der Waals surface area contributed by atoms with E-state index < -0.39 is 0 Å². The van der Waals surface area contributed by atoms with Crippen LogP contribution in [0.4, 0.5) is 0 Å². The molecule has 0 spiro atoms. The van der Waals surface area contributed by atoms with Gasteiger partial charge < -0.3 is 15.8 Å². The second-order valence-corrected chi connectivity index (χ2v) is 6.86. The number of aryl methyl sites for hydroxylation is 1. The molecule has 1 aromatic rings. The molecule has 1 heterocycles. The maximum Gasteiger partial charge on any atom is 0.220 e. The van der Waals surface area contributed by atoms with Gasteiger partial charge in [0.1, 0.15) is 0 Å². The first-order valence-corrected chi connectivity index (χ1v) is 9.35. The topological polar surface area (TPSA) is 64.3 Å². The summed E-state index contributed by atoms with van der Waals surface area (Å²) < 4.78 is 6.01. The van der Waals surface area contributed by atoms with Crippen molar-refractivity contribution < 1.29 is 9.53 Å². The van der Waals surface area contributed by atoms with Crippen LogP contribution in [0.5, 0.6) is 0 Å². The Balaban J connectivity index is 0.00000312. The zero-order valence-corrected chi connectivity index (χ0v) is 16.2. The molecule has 0 aromatic heterocycles. The lowest BCUT2D eigenvalue weighted by Crippen LogP contribution is -2.35. The normalized spacial score (nSPS) is 19.9. The molecule has 0 saturated carbocycles. The van der Waals surface area contributed by atoms with Crippen LogP contribution in [0.3, 0.4) is 0 Å². The average Bonchev–Trinajstić information content (AvgIpc) is 2.61. The van der Waals surface area contributed by atoms with E-state index in [1.807, 2.05) is 0 Å². The second-order valence-electron chi connectivity index (χ2n) is 6.86. The van der Waals surface area contributed by atoms with Crippen molar-refractivity contribution in [1.82, 2.24) is 5.32 Å². The van der Waals surface area contributed by atoms with Gasteiger partial charge in [0.25, 0.3) is 0 Å². The number of carbonyl (C=O) groups is 1. The molecule has 5 heteroatoms. The summed E-state index contributed by atoms with van der Waals surface area (Å²) in [5.41, 5.74) is 7.96. The van der Waals surface area contributed by atoms with Crippen molar-refractivity contribution in [2.45, 2.75) is 58.0 Å². The van der Waals surface area contributed by atoms with Crippen molar-refractivity contribution in [3.8, 4) is 0 Å². The number of nitrogens with two attached hydrogens (primary N) is 1. The first-order valence-electron chi connectivity index (χ1n) is 9.35. The summed E-state index contributed by atoms with van der Waals surface area (Å²) in [4.78, 5) is 12.0. The van der Waals surface area contributed by atoms with Crippen molar-refractivity contribution in [3.05, 3.63) is 35.4 Å². The molecule has 0 bridgehead atoms. The summed E-state index contributed by atoms with van der Waals surface area (Å²) >= 11 is 0. The van der Waals surface area contributed by atoms with E-state index in [0.717, 1.165) is 51.7 Å². The summed E-state index contributed by atoms with van der Waals surface area (Å²) in [7, 11) is 0. The maximum atomic E-state index is 12.0. The minimum absolute atomic E-state index is 0. The van der Waals surface area contributed by atoms with Crippen molar-refractivity contribution >= 4 is 18.3 Å². The van der Waals surface area contributed by atoms with E-state index in [2.05, 4.69) is 36.5 Å². The first-order chi connectivity index (χ1) is 11.7. The smallest absolute Gasteiger partial charge is 0.220 e. The Morgan fingerprint density at radius 1 is 1.20 bits per heavy atom. The molecule has 2 unspecified atom stereocenters. The SMILES string of the molecule is Cc1ccc(C2OCCCC2CNC(=O)CCCCCCN)cc1.Cl. The second kappa shape index (κ2) is 12.3. The van der Waals surface area contributed by atoms with Crippen molar-refractivity contribution in [3.63, 3.8) is 0 Å². The Bertz CT molecular complexity index is 493. The number of hydrogen-bond acceptors (Lipinski definition) is 3. The predicted molar refractivity (Wildman–Crippen MR) is 105 cm³/mol. The van der Waals surface area contributed by atoms with Gasteiger partial charge in [0.2, 0.25) is 5.91 Å². The highest BCUT2D eigenvalue weighted by atomic mass is 35.5. The van der Waals surface area contributed by atoms with Gasteiger partial charge >= 0.3 is 0 Å². The molecule has 4 nitrogen and oxygen atoms in total. The maximum absolute atomic E-state index is 12.0. The number of unbranched alkanes of at least 4 members (excludes halogenated alkanes) is 3. The van der Waals surface area contributed by atoms with E-state index in [-0.39, 0.29) is 24.4 Å². The van der Waals surface area contributed by atoms with Crippen LogP contribution >= 0.6 is 12.4 Å². The molecule has 0 aliphatic carbocycles. The van der Waals surface area contributed by atoms with Gasteiger partial charge in [0.15, 0.2) is 0 Å². The molecule has 1 amide bonds. The molecule has 1 aromatic carbocycles. The Labute approximate surface area is 158 Å². The standard InChI is InChI=1S/C20H32N2O2.ClH/c1-16-9-11-17(12-10-16)20-18(7-6-14-24-20)15-22-19(23)8-4-2-3-5-13-21;/h9-12,18,20H,2-8,13-15,21H2,1H3,(H,22,23);1H. The van der Waals surface area contributed by atoms with Crippen LogP contribution < -0.4 is 11.1 Å². The van der Waals surface area contributed by atoms with Gasteiger partial charge in [-0.25, -0.2) is 0 Å². The molecular weight excluding hydrogens is 336 g/mol. The number of ether oxygens (including phenoxy) is 1. The van der Waals surface area contributed by atoms with Crippen LogP contribution in [0.25, 0.3) is 0 Å². The largest absolute Gasteiger partial charge is 0.373 e. The first kappa shape index (κ1) is 21.9. The lowest BCUT2D eigenvalue weighted by molar-refractivity contribution is -0.122. The van der Waals surface area contributed by atoms with Gasteiger partial charge in [-0.15, -0.1) is 12.4 Å². The van der Waals surface area contributed by atoms with Crippen molar-refractivity contribution in [1.29, 1.82) is 0 Å². The molecule has 25 heavy (non-hydrogen) atoms. The number of nitrogens with one attached hydrogen (secondary N) is 1. The molecule has 1 saturated heterocycles. The van der Waals surface area contributed by atoms with Crippen LogP contribution in [0.1, 0.15) is 62.2 Å². The lowest BCUT2D eigenvalue weighted by Gasteiger charge is -2.32. The van der Waals surface area contributed by atoms with Crippen molar-refractivity contribution in [2.24, 2.45) is 11.7 Å². The van der Waals surface area contributed by atoms with Crippen LogP contribution in [-0.2, 0) is 9.53 Å². The van der Waals surface area contributed by atoms with Gasteiger partial charge in [0, 0.05) is 25.5 Å². The summed E-state index contributed by atoms with van der Waals surface area (Å²) in [5.74, 6) is 0.527. The molecule has 3 N–H and O–H groups in total. The zero-order chi connectivity index (χ0) is 17.2. The van der Waals surface area contributed by atoms with E-state index in [1.54, 1.807) is 0 Å². The summed E-state index contributed by atoms with van der Waals surface area (Å²) in [6.45, 7) is 4.36. The highest BCUT2D eigenvalue weighted by molar-refractivity contribution is 5.85. The van der Waals surface area contributed by atoms with Gasteiger partial charge in [-0.05, 0) is 44.7 Å². The van der Waals surface area contributed by atoms with Crippen LogP contribution in [-0.4, -0.2) is 25.6 Å². The highest BCUT2D eigenvalue weighted by Gasteiger charge is 2.27. The minimum Gasteiger partial charge on any atom is -0.373 e. The lowest BCUT2D eigenvalue weighted by atomic mass is 9.89. The summed E-state index contributed by atoms with van der Waals surface area (Å²) in [5, 5.41) is 3.11. The molecule has 1 aliphatic rings. The van der Waals surface area contributed by atoms with E-state index in [1.165, 1.54) is 11.1 Å². The van der Waals surface area contributed by atoms with Gasteiger partial charge in [0.05, 0.1) is 6.10 Å². The van der Waals surface area contributed by atoms with Crippen LogP contribution in [0, 0.1) is 12.8 Å². The Morgan fingerprint density at radius 2 is 1.92 bits per heavy atom. The van der Waals surface area contributed by atoms with E-state index in [0.29, 0.717) is 18.9 Å². The highest BCUT2D eigenvalue weighted by Crippen LogP contribution is 2.33. The molecular formula is C20H33ClN2O2. The fourth-order valence-corrected chi connectivity index (χ4v) is 3.29. The third-order valence-corrected chi connectivity index (χ3v) is 4.77. The fraction of sp³-hybridized carbons (Fsp3) is 0.650. The summed E-state index contributed by atoms with van der Waals surface area (Å²) in [6, 6.07) is 8.56. The number of halogens is 1. The Kier molecular flexibility index (Phi) is 10.8. The number of amides is 1. The number of hydrogen-bond donors (Lipinski definition) is 2. The Hall–Kier alpha value is -1.10. The number of benzene rings is 1. The third-order valence-electron chi connectivity index (χ3n) is 4.77. The minimum atomic E-state index is 0. The van der Waals surface area contributed by atoms with Gasteiger partial charge in [-0.2, -0.15) is 0 Å². The molecule has 2 rings (SSSR count). The van der Waals surface area contributed by atoms with Crippen LogP contribution in [0.15, 0.2) is 24.3 Å². The summed E-state index contributed by atoms with van der Waals surface area (Å²) in [6.07, 6.45) is 7.11. The van der Waals surface area contributed by atoms with Gasteiger partial charge in [-0.1, -0.05) is 42.7 Å². The molecule has 1 aliphatic heterocycles. The Morgan fingerprint density at radius 3 is 2.64 bits per heavy atom. The number of carbonyl (C=O) groups excluding carboxylic acids is 1. The van der Waals surface area contributed by atoms with E-state index in [9.17, 15) is 4.79 Å². The van der Waals surface area contributed by atoms with Crippen LogP contribution in [0.2, 0.25) is 0 Å². The van der Waals surface area contributed by atoms with E-state index in [4.69, 9.17) is 10.5 Å². The predicted octanol–water partition coefficient (Wildman–Crippen LogP) is 3.91. The third kappa shape index (κ3) is 7.76. The molecule has 1 fully saturated rings. The molecule has 2 atom stereocenters. The number of rotatable bonds is 9. The van der Waals surface area contributed by atoms with Gasteiger partial charge in [-0.3, -0.25) is 4.79 Å².